The molecule has 3 atom stereocenters. The number of rotatable bonds is 3. The van der Waals surface area contributed by atoms with Crippen LogP contribution in [0, 0.1) is 5.92 Å². The number of hydrogen-bond acceptors (Lipinski definition) is 1. The first-order chi connectivity index (χ1) is 8.48. The second-order valence-corrected chi connectivity index (χ2v) is 6.09. The van der Waals surface area contributed by atoms with Crippen molar-refractivity contribution in [2.45, 2.75) is 31.3 Å². The van der Waals surface area contributed by atoms with E-state index in [0.29, 0.717) is 12.4 Å². The molecule has 2 nitrogen and oxygen atoms in total. The predicted molar refractivity (Wildman–Crippen MR) is 74.9 cm³/mol. The van der Waals surface area contributed by atoms with Crippen molar-refractivity contribution in [1.82, 2.24) is 4.90 Å². The van der Waals surface area contributed by atoms with Crippen molar-refractivity contribution in [3.05, 3.63) is 35.9 Å². The van der Waals surface area contributed by atoms with Gasteiger partial charge in [0.15, 0.2) is 0 Å². The lowest BCUT2D eigenvalue weighted by Crippen LogP contribution is -2.35. The van der Waals surface area contributed by atoms with Crippen LogP contribution in [-0.2, 0) is 11.3 Å². The Morgan fingerprint density at radius 3 is 2.44 bits per heavy atom. The van der Waals surface area contributed by atoms with Gasteiger partial charge in [-0.15, -0.1) is 23.2 Å². The Morgan fingerprint density at radius 2 is 1.94 bits per heavy atom. The molecule has 1 amide bonds. The van der Waals surface area contributed by atoms with Gasteiger partial charge < -0.3 is 4.90 Å². The van der Waals surface area contributed by atoms with Gasteiger partial charge in [0.05, 0.1) is 0 Å². The number of likely N-dealkylation sites (tertiary alicyclic amines) is 1. The van der Waals surface area contributed by atoms with Gasteiger partial charge in [0, 0.05) is 24.4 Å². The van der Waals surface area contributed by atoms with Gasteiger partial charge in [0.1, 0.15) is 4.87 Å². The molecule has 1 aromatic carbocycles. The zero-order valence-corrected chi connectivity index (χ0v) is 12.1. The van der Waals surface area contributed by atoms with Crippen LogP contribution in [-0.4, -0.2) is 27.6 Å². The molecular formula is C14H17Cl2NO. The van der Waals surface area contributed by atoms with Crippen LogP contribution in [0.25, 0.3) is 0 Å². The van der Waals surface area contributed by atoms with E-state index in [0.717, 1.165) is 5.56 Å². The van der Waals surface area contributed by atoms with Gasteiger partial charge >= 0.3 is 0 Å². The summed E-state index contributed by atoms with van der Waals surface area (Å²) in [6, 6.07) is 10.0. The van der Waals surface area contributed by atoms with Crippen LogP contribution in [0.15, 0.2) is 30.3 Å². The van der Waals surface area contributed by atoms with Gasteiger partial charge in [0.2, 0.25) is 5.91 Å². The van der Waals surface area contributed by atoms with Gasteiger partial charge in [-0.2, -0.15) is 0 Å². The van der Waals surface area contributed by atoms with Gasteiger partial charge in [-0.05, 0) is 19.4 Å². The number of amides is 1. The van der Waals surface area contributed by atoms with E-state index < -0.39 is 4.87 Å². The average molecular weight is 286 g/mol. The van der Waals surface area contributed by atoms with E-state index in [9.17, 15) is 4.79 Å². The molecule has 0 aliphatic carbocycles. The molecule has 0 spiro atoms. The Balaban J connectivity index is 2.22. The molecule has 1 aliphatic heterocycles. The third kappa shape index (κ3) is 2.24. The summed E-state index contributed by atoms with van der Waals surface area (Å²) in [4.78, 5) is 13.3. The number of alkyl halides is 2. The molecule has 1 aromatic rings. The summed E-state index contributed by atoms with van der Waals surface area (Å²) in [5, 5.41) is 0. The van der Waals surface area contributed by atoms with Crippen molar-refractivity contribution in [1.29, 1.82) is 0 Å². The normalized spacial score (nSPS) is 32.0. The number of hydrogen-bond donors (Lipinski definition) is 0. The van der Waals surface area contributed by atoms with Crippen LogP contribution >= 0.6 is 23.2 Å². The summed E-state index contributed by atoms with van der Waals surface area (Å²) in [6.45, 7) is 4.38. The summed E-state index contributed by atoms with van der Waals surface area (Å²) in [5.74, 6) is 0.362. The van der Waals surface area contributed by atoms with Crippen LogP contribution in [0.1, 0.15) is 19.4 Å². The second kappa shape index (κ2) is 5.10. The minimum absolute atomic E-state index is 0.0166. The van der Waals surface area contributed by atoms with Crippen molar-refractivity contribution in [2.24, 2.45) is 5.92 Å². The summed E-state index contributed by atoms with van der Waals surface area (Å²) in [7, 11) is 0. The van der Waals surface area contributed by atoms with E-state index in [1.165, 1.54) is 0 Å². The standard InChI is InChI=1S/C14H17Cl2NO/c1-10-12(8-15)14(2,16)13(18)17(10)9-11-6-4-3-5-7-11/h3-7,10,12H,8-9H2,1-2H3/t10-,12+,14?/m1/s1. The Hall–Kier alpha value is -0.730. The van der Waals surface area contributed by atoms with Crippen molar-refractivity contribution in [3.63, 3.8) is 0 Å². The van der Waals surface area contributed by atoms with Crippen LogP contribution < -0.4 is 0 Å². The summed E-state index contributed by atoms with van der Waals surface area (Å²) >= 11 is 12.3. The maximum absolute atomic E-state index is 12.3. The van der Waals surface area contributed by atoms with Crippen LogP contribution in [0.5, 0.6) is 0 Å². The van der Waals surface area contributed by atoms with Gasteiger partial charge in [-0.1, -0.05) is 30.3 Å². The highest BCUT2D eigenvalue weighted by Crippen LogP contribution is 2.40. The number of carbonyl (C=O) groups excluding carboxylic acids is 1. The fourth-order valence-electron chi connectivity index (χ4n) is 2.56. The summed E-state index contributed by atoms with van der Waals surface area (Å²) in [5.41, 5.74) is 1.11. The molecule has 1 heterocycles. The van der Waals surface area contributed by atoms with Crippen LogP contribution in [0.2, 0.25) is 0 Å². The molecule has 0 bridgehead atoms. The van der Waals surface area contributed by atoms with Crippen molar-refractivity contribution in [2.75, 3.05) is 5.88 Å². The Morgan fingerprint density at radius 1 is 1.33 bits per heavy atom. The molecule has 1 unspecified atom stereocenters. The molecule has 1 saturated heterocycles. The largest absolute Gasteiger partial charge is 0.334 e. The molecule has 4 heteroatoms. The maximum Gasteiger partial charge on any atom is 0.244 e. The molecule has 1 fully saturated rings. The van der Waals surface area contributed by atoms with Crippen molar-refractivity contribution >= 4 is 29.1 Å². The zero-order valence-electron chi connectivity index (χ0n) is 10.6. The minimum atomic E-state index is -0.879. The minimum Gasteiger partial charge on any atom is -0.334 e. The molecule has 0 saturated carbocycles. The van der Waals surface area contributed by atoms with E-state index in [1.54, 1.807) is 6.92 Å². The molecule has 0 radical (unpaired) electrons. The Kier molecular flexibility index (Phi) is 3.88. The predicted octanol–water partition coefficient (Wildman–Crippen LogP) is 3.27. The number of halogens is 2. The van der Waals surface area contributed by atoms with Crippen molar-refractivity contribution < 1.29 is 4.79 Å². The molecule has 0 aromatic heterocycles. The van der Waals surface area contributed by atoms with E-state index in [-0.39, 0.29) is 17.9 Å². The topological polar surface area (TPSA) is 20.3 Å². The van der Waals surface area contributed by atoms with Gasteiger partial charge in [0.25, 0.3) is 0 Å². The van der Waals surface area contributed by atoms with E-state index in [4.69, 9.17) is 23.2 Å². The van der Waals surface area contributed by atoms with E-state index in [2.05, 4.69) is 0 Å². The maximum atomic E-state index is 12.3. The van der Waals surface area contributed by atoms with Crippen LogP contribution in [0.4, 0.5) is 0 Å². The zero-order chi connectivity index (χ0) is 13.3. The lowest BCUT2D eigenvalue weighted by atomic mass is 9.94. The molecule has 18 heavy (non-hydrogen) atoms. The fourth-order valence-corrected chi connectivity index (χ4v) is 3.58. The third-order valence-electron chi connectivity index (χ3n) is 3.81. The molecule has 98 valence electrons. The van der Waals surface area contributed by atoms with Gasteiger partial charge in [-0.3, -0.25) is 4.79 Å². The lowest BCUT2D eigenvalue weighted by Gasteiger charge is -2.23. The fraction of sp³-hybridized carbons (Fsp3) is 0.500. The second-order valence-electron chi connectivity index (χ2n) is 5.00. The summed E-state index contributed by atoms with van der Waals surface area (Å²) in [6.07, 6.45) is 0. The number of benzene rings is 1. The monoisotopic (exact) mass is 285 g/mol. The smallest absolute Gasteiger partial charge is 0.244 e. The lowest BCUT2D eigenvalue weighted by molar-refractivity contribution is -0.131. The van der Waals surface area contributed by atoms with Crippen molar-refractivity contribution in [3.8, 4) is 0 Å². The van der Waals surface area contributed by atoms with Crippen LogP contribution in [0.3, 0.4) is 0 Å². The average Bonchev–Trinajstić information content (AvgIpc) is 2.51. The Labute approximate surface area is 118 Å². The molecule has 0 N–H and O–H groups in total. The molecular weight excluding hydrogens is 269 g/mol. The third-order valence-corrected chi connectivity index (χ3v) is 4.59. The van der Waals surface area contributed by atoms with Gasteiger partial charge in [-0.25, -0.2) is 0 Å². The molecule has 2 rings (SSSR count). The number of carbonyl (C=O) groups is 1. The van der Waals surface area contributed by atoms with E-state index in [1.807, 2.05) is 42.2 Å². The quantitative estimate of drug-likeness (QED) is 0.781. The summed E-state index contributed by atoms with van der Waals surface area (Å²) < 4.78 is 0. The molecule has 1 aliphatic rings. The number of nitrogens with zero attached hydrogens (tertiary/aromatic N) is 1. The first-order valence-electron chi connectivity index (χ1n) is 6.08. The Bertz CT molecular complexity index is 433. The first-order valence-corrected chi connectivity index (χ1v) is 6.99. The highest BCUT2D eigenvalue weighted by atomic mass is 35.5. The first kappa shape index (κ1) is 13.7. The highest BCUT2D eigenvalue weighted by molar-refractivity contribution is 6.36. The highest BCUT2D eigenvalue weighted by Gasteiger charge is 2.53. The van der Waals surface area contributed by atoms with E-state index >= 15 is 0 Å². The SMILES string of the molecule is C[C@@H]1[C@H](CCl)C(C)(Cl)C(=O)N1Cc1ccccc1.